The Balaban J connectivity index is 2.07. The number of hydrogen-bond donors (Lipinski definition) is 1. The summed E-state index contributed by atoms with van der Waals surface area (Å²) in [6, 6.07) is 6.10. The second kappa shape index (κ2) is 5.79. The molecule has 0 saturated carbocycles. The van der Waals surface area contributed by atoms with Crippen molar-refractivity contribution in [1.82, 2.24) is 4.98 Å². The predicted molar refractivity (Wildman–Crippen MR) is 71.9 cm³/mol. The second-order valence-electron chi connectivity index (χ2n) is 3.83. The maximum atomic E-state index is 12.9. The maximum Gasteiger partial charge on any atom is 0.339 e. The Morgan fingerprint density at radius 2 is 2.16 bits per heavy atom. The van der Waals surface area contributed by atoms with E-state index in [2.05, 4.69) is 20.9 Å². The van der Waals surface area contributed by atoms with Gasteiger partial charge in [0.1, 0.15) is 12.4 Å². The number of rotatable bonds is 3. The average molecular weight is 325 g/mol. The molecule has 0 atom stereocenters. The maximum absolute atomic E-state index is 12.9. The number of hydrogen-bond acceptors (Lipinski definition) is 4. The van der Waals surface area contributed by atoms with Gasteiger partial charge in [0.25, 0.3) is 0 Å². The van der Waals surface area contributed by atoms with Gasteiger partial charge < -0.3 is 10.5 Å². The molecular formula is C13H10BrFN2O2. The molecule has 98 valence electrons. The Bertz CT molecular complexity index is 619. The van der Waals surface area contributed by atoms with Crippen LogP contribution >= 0.6 is 15.9 Å². The monoisotopic (exact) mass is 324 g/mol. The molecule has 0 unspecified atom stereocenters. The highest BCUT2D eigenvalue weighted by Gasteiger charge is 2.12. The molecule has 0 aliphatic carbocycles. The number of halogens is 2. The van der Waals surface area contributed by atoms with E-state index in [4.69, 9.17) is 10.5 Å². The minimum absolute atomic E-state index is 0.0508. The third-order valence-electron chi connectivity index (χ3n) is 2.34. The Kier molecular flexibility index (Phi) is 4.11. The Morgan fingerprint density at radius 3 is 2.89 bits per heavy atom. The van der Waals surface area contributed by atoms with Crippen LogP contribution in [0.3, 0.4) is 0 Å². The summed E-state index contributed by atoms with van der Waals surface area (Å²) in [4.78, 5) is 15.5. The third kappa shape index (κ3) is 3.51. The van der Waals surface area contributed by atoms with E-state index < -0.39 is 11.8 Å². The van der Waals surface area contributed by atoms with Crippen molar-refractivity contribution in [3.05, 3.63) is 58.1 Å². The number of nitrogens with zero attached hydrogens (tertiary/aromatic N) is 1. The van der Waals surface area contributed by atoms with E-state index in [1.165, 1.54) is 18.3 Å². The average Bonchev–Trinajstić information content (AvgIpc) is 2.39. The second-order valence-corrected chi connectivity index (χ2v) is 4.68. The predicted octanol–water partition coefficient (Wildman–Crippen LogP) is 2.92. The summed E-state index contributed by atoms with van der Waals surface area (Å²) in [5.74, 6) is -1.01. The van der Waals surface area contributed by atoms with E-state index in [9.17, 15) is 9.18 Å². The van der Waals surface area contributed by atoms with E-state index in [1.807, 2.05) is 0 Å². The lowest BCUT2D eigenvalue weighted by Gasteiger charge is -2.07. The lowest BCUT2D eigenvalue weighted by atomic mass is 10.2. The summed E-state index contributed by atoms with van der Waals surface area (Å²) >= 11 is 3.24. The summed E-state index contributed by atoms with van der Waals surface area (Å²) in [5, 5.41) is 0. The van der Waals surface area contributed by atoms with Gasteiger partial charge in [-0.25, -0.2) is 9.18 Å². The highest BCUT2D eigenvalue weighted by atomic mass is 79.9. The zero-order valence-corrected chi connectivity index (χ0v) is 11.4. The van der Waals surface area contributed by atoms with Gasteiger partial charge >= 0.3 is 5.97 Å². The molecule has 0 amide bonds. The van der Waals surface area contributed by atoms with Gasteiger partial charge in [0, 0.05) is 21.9 Å². The van der Waals surface area contributed by atoms with E-state index in [-0.39, 0.29) is 6.61 Å². The molecular weight excluding hydrogens is 315 g/mol. The molecule has 1 aromatic carbocycles. The van der Waals surface area contributed by atoms with Crippen LogP contribution in [0.5, 0.6) is 0 Å². The number of pyridine rings is 1. The summed E-state index contributed by atoms with van der Waals surface area (Å²) in [6.45, 7) is -0.0508. The first kappa shape index (κ1) is 13.5. The highest BCUT2D eigenvalue weighted by molar-refractivity contribution is 9.10. The smallest absolute Gasteiger partial charge is 0.339 e. The van der Waals surface area contributed by atoms with Crippen LogP contribution in [-0.4, -0.2) is 11.0 Å². The van der Waals surface area contributed by atoms with Gasteiger partial charge in [-0.2, -0.15) is 0 Å². The fraction of sp³-hybridized carbons (Fsp3) is 0.0769. The molecule has 6 heteroatoms. The zero-order chi connectivity index (χ0) is 13.8. The number of ether oxygens (including phenoxy) is 1. The molecule has 0 fully saturated rings. The van der Waals surface area contributed by atoms with Crippen LogP contribution in [0.15, 0.2) is 41.1 Å². The summed E-state index contributed by atoms with van der Waals surface area (Å²) in [6.07, 6.45) is 2.52. The third-order valence-corrected chi connectivity index (χ3v) is 3.03. The van der Waals surface area contributed by atoms with Gasteiger partial charge in [-0.05, 0) is 40.2 Å². The van der Waals surface area contributed by atoms with Gasteiger partial charge in [0.15, 0.2) is 0 Å². The number of nitrogen functional groups attached to an aromatic ring is 1. The molecule has 0 spiro atoms. The number of nitrogens with two attached hydrogens (primary N) is 1. The van der Waals surface area contributed by atoms with Gasteiger partial charge in [0.05, 0.1) is 11.8 Å². The molecule has 1 heterocycles. The molecule has 0 radical (unpaired) electrons. The van der Waals surface area contributed by atoms with Crippen molar-refractivity contribution in [3.63, 3.8) is 0 Å². The summed E-state index contributed by atoms with van der Waals surface area (Å²) in [7, 11) is 0. The molecule has 2 rings (SSSR count). The van der Waals surface area contributed by atoms with Crippen LogP contribution in [0.1, 0.15) is 15.9 Å². The largest absolute Gasteiger partial charge is 0.457 e. The van der Waals surface area contributed by atoms with Gasteiger partial charge in [-0.15, -0.1) is 0 Å². The fourth-order valence-electron chi connectivity index (χ4n) is 1.46. The van der Waals surface area contributed by atoms with E-state index in [0.717, 1.165) is 6.20 Å². The minimum atomic E-state index is -0.538. The SMILES string of the molecule is Nc1ccc(Br)c(C(=O)OCc2cncc(F)c2)c1. The molecule has 1 aromatic heterocycles. The van der Waals surface area contributed by atoms with E-state index in [1.54, 1.807) is 12.1 Å². The molecule has 0 aliphatic heterocycles. The standard InChI is InChI=1S/C13H10BrFN2O2/c14-12-2-1-10(16)4-11(12)13(18)19-7-8-3-9(15)6-17-5-8/h1-6H,7,16H2. The van der Waals surface area contributed by atoms with Gasteiger partial charge in [-0.1, -0.05) is 0 Å². The quantitative estimate of drug-likeness (QED) is 0.696. The van der Waals surface area contributed by atoms with Crippen LogP contribution in [0.4, 0.5) is 10.1 Å². The zero-order valence-electron chi connectivity index (χ0n) is 9.77. The van der Waals surface area contributed by atoms with Crippen molar-refractivity contribution in [1.29, 1.82) is 0 Å². The fourth-order valence-corrected chi connectivity index (χ4v) is 1.87. The van der Waals surface area contributed by atoms with Crippen molar-refractivity contribution in [2.45, 2.75) is 6.61 Å². The molecule has 0 aliphatic rings. The topological polar surface area (TPSA) is 65.2 Å². The van der Waals surface area contributed by atoms with Crippen molar-refractivity contribution >= 4 is 27.6 Å². The molecule has 19 heavy (non-hydrogen) atoms. The normalized spacial score (nSPS) is 10.2. The first-order valence-electron chi connectivity index (χ1n) is 5.38. The van der Waals surface area contributed by atoms with Crippen molar-refractivity contribution in [2.24, 2.45) is 0 Å². The van der Waals surface area contributed by atoms with Crippen molar-refractivity contribution in [2.75, 3.05) is 5.73 Å². The summed E-state index contributed by atoms with van der Waals surface area (Å²) < 4.78 is 18.6. The van der Waals surface area contributed by atoms with Crippen LogP contribution in [0.25, 0.3) is 0 Å². The minimum Gasteiger partial charge on any atom is -0.457 e. The molecule has 0 saturated heterocycles. The first-order valence-corrected chi connectivity index (χ1v) is 6.17. The molecule has 2 aromatic rings. The van der Waals surface area contributed by atoms with Crippen LogP contribution in [-0.2, 0) is 11.3 Å². The number of carbonyl (C=O) groups is 1. The van der Waals surface area contributed by atoms with E-state index >= 15 is 0 Å². The van der Waals surface area contributed by atoms with Gasteiger partial charge in [-0.3, -0.25) is 4.98 Å². The molecule has 0 bridgehead atoms. The number of benzene rings is 1. The van der Waals surface area contributed by atoms with Gasteiger partial charge in [0.2, 0.25) is 0 Å². The number of esters is 1. The Hall–Kier alpha value is -1.95. The van der Waals surface area contributed by atoms with Crippen LogP contribution in [0, 0.1) is 5.82 Å². The highest BCUT2D eigenvalue weighted by Crippen LogP contribution is 2.20. The van der Waals surface area contributed by atoms with Crippen molar-refractivity contribution < 1.29 is 13.9 Å². The Morgan fingerprint density at radius 1 is 1.37 bits per heavy atom. The number of aromatic nitrogens is 1. The van der Waals surface area contributed by atoms with E-state index in [0.29, 0.717) is 21.3 Å². The number of carbonyl (C=O) groups excluding carboxylic acids is 1. The first-order chi connectivity index (χ1) is 9.06. The van der Waals surface area contributed by atoms with Crippen molar-refractivity contribution in [3.8, 4) is 0 Å². The van der Waals surface area contributed by atoms with Crippen LogP contribution < -0.4 is 5.73 Å². The lowest BCUT2D eigenvalue weighted by Crippen LogP contribution is -2.07. The Labute approximate surface area is 117 Å². The molecule has 4 nitrogen and oxygen atoms in total. The van der Waals surface area contributed by atoms with Crippen LogP contribution in [0.2, 0.25) is 0 Å². The molecule has 2 N–H and O–H groups in total. The lowest BCUT2D eigenvalue weighted by molar-refractivity contribution is 0.0471. The summed E-state index contributed by atoms with van der Waals surface area (Å²) in [5.41, 5.74) is 6.87. The number of anilines is 1.